The van der Waals surface area contributed by atoms with E-state index in [1.165, 1.54) is 0 Å². The van der Waals surface area contributed by atoms with Crippen molar-refractivity contribution in [2.75, 3.05) is 6.61 Å². The summed E-state index contributed by atoms with van der Waals surface area (Å²) in [5, 5.41) is 9.59. The summed E-state index contributed by atoms with van der Waals surface area (Å²) in [5.41, 5.74) is 3.37. The number of hydrogen-bond donors (Lipinski definition) is 4. The van der Waals surface area contributed by atoms with Crippen LogP contribution in [-0.2, 0) is 43.5 Å². The first-order chi connectivity index (χ1) is 26.9. The van der Waals surface area contributed by atoms with Crippen molar-refractivity contribution in [1.82, 2.24) is 20.9 Å². The Morgan fingerprint density at radius 2 is 1.27 bits per heavy atom. The van der Waals surface area contributed by atoms with Crippen LogP contribution >= 0.6 is 0 Å². The Kier molecular flexibility index (Phi) is 15.7. The highest BCUT2D eigenvalue weighted by atomic mass is 16.5. The fourth-order valence-corrected chi connectivity index (χ4v) is 6.15. The molecule has 0 saturated heterocycles. The summed E-state index contributed by atoms with van der Waals surface area (Å²) >= 11 is 0. The average molecular weight is 747 g/mol. The number of hydrogen-bond acceptors (Lipinski definition) is 7. The standard InChI is InChI=1S/C44H50N4O7/c1-2-3-24-39(42(50)46-35(20-15-26-53-36-21-11-6-12-22-36)28-41(49)54-30-32-16-7-4-8-17-32)47-43(51)40(27-34-29-45-38-25-14-13-23-37(34)38)48-44(52)55-31-33-18-9-5-10-19-33/h4-14,16-19,21-23,25,29,35,39-40,45H,2-3,15,20,24,26-28,30-31H2,1H3,(H,46,50)(H,47,51)(H,48,52)/t35-,39+,40-/m1/s1. The molecule has 0 radical (unpaired) electrons. The number of H-pyrrole nitrogens is 1. The number of amides is 3. The predicted octanol–water partition coefficient (Wildman–Crippen LogP) is 7.16. The maximum absolute atomic E-state index is 14.1. The molecule has 1 heterocycles. The maximum Gasteiger partial charge on any atom is 0.408 e. The maximum atomic E-state index is 14.1. The van der Waals surface area contributed by atoms with Gasteiger partial charge < -0.3 is 35.1 Å². The van der Waals surface area contributed by atoms with Crippen molar-refractivity contribution in [2.45, 2.75) is 83.2 Å². The van der Waals surface area contributed by atoms with E-state index in [2.05, 4.69) is 20.9 Å². The minimum atomic E-state index is -1.06. The molecule has 0 unspecified atom stereocenters. The average Bonchev–Trinajstić information content (AvgIpc) is 3.62. The van der Waals surface area contributed by atoms with Crippen LogP contribution in [0.4, 0.5) is 4.79 Å². The Morgan fingerprint density at radius 1 is 0.655 bits per heavy atom. The van der Waals surface area contributed by atoms with Gasteiger partial charge in [-0.15, -0.1) is 0 Å². The zero-order chi connectivity index (χ0) is 38.7. The first kappa shape index (κ1) is 40.1. The fourth-order valence-electron chi connectivity index (χ4n) is 6.15. The number of unbranched alkanes of at least 4 members (excludes halogenated alkanes) is 1. The van der Waals surface area contributed by atoms with E-state index in [0.29, 0.717) is 32.3 Å². The molecule has 0 spiro atoms. The van der Waals surface area contributed by atoms with Crippen molar-refractivity contribution < 1.29 is 33.4 Å². The van der Waals surface area contributed by atoms with E-state index in [4.69, 9.17) is 14.2 Å². The van der Waals surface area contributed by atoms with Gasteiger partial charge in [-0.1, -0.05) is 117 Å². The van der Waals surface area contributed by atoms with E-state index in [-0.39, 0.29) is 26.1 Å². The van der Waals surface area contributed by atoms with Gasteiger partial charge in [0.2, 0.25) is 11.8 Å². The van der Waals surface area contributed by atoms with E-state index >= 15 is 0 Å². The number of nitrogens with one attached hydrogen (secondary N) is 4. The zero-order valence-electron chi connectivity index (χ0n) is 31.2. The van der Waals surface area contributed by atoms with Crippen LogP contribution in [-0.4, -0.2) is 53.6 Å². The number of ether oxygens (including phenoxy) is 3. The van der Waals surface area contributed by atoms with Gasteiger partial charge in [-0.25, -0.2) is 4.79 Å². The molecule has 5 rings (SSSR count). The van der Waals surface area contributed by atoms with E-state index in [1.807, 2.05) is 128 Å². The molecule has 11 nitrogen and oxygen atoms in total. The molecule has 3 amide bonds. The molecule has 11 heteroatoms. The molecule has 0 saturated carbocycles. The van der Waals surface area contributed by atoms with Gasteiger partial charge in [0.15, 0.2) is 0 Å². The van der Waals surface area contributed by atoms with Gasteiger partial charge >= 0.3 is 12.1 Å². The summed E-state index contributed by atoms with van der Waals surface area (Å²) in [4.78, 5) is 57.4. The third-order valence-corrected chi connectivity index (χ3v) is 9.11. The van der Waals surface area contributed by atoms with Gasteiger partial charge in [0.05, 0.1) is 13.0 Å². The molecular weight excluding hydrogens is 697 g/mol. The molecule has 0 aliphatic rings. The number of alkyl carbamates (subject to hydrolysis) is 1. The van der Waals surface area contributed by atoms with Crippen molar-refractivity contribution in [3.8, 4) is 5.75 Å². The smallest absolute Gasteiger partial charge is 0.408 e. The van der Waals surface area contributed by atoms with Gasteiger partial charge in [0, 0.05) is 29.6 Å². The van der Waals surface area contributed by atoms with Crippen molar-refractivity contribution in [3.05, 3.63) is 138 Å². The molecule has 0 bridgehead atoms. The van der Waals surface area contributed by atoms with Crippen LogP contribution in [0.2, 0.25) is 0 Å². The number of carbonyl (C=O) groups excluding carboxylic acids is 4. The number of carbonyl (C=O) groups is 4. The molecule has 3 atom stereocenters. The van der Waals surface area contributed by atoms with Crippen LogP contribution in [0.1, 0.15) is 62.1 Å². The van der Waals surface area contributed by atoms with Gasteiger partial charge in [-0.2, -0.15) is 0 Å². The third-order valence-electron chi connectivity index (χ3n) is 9.11. The number of para-hydroxylation sites is 2. The molecule has 55 heavy (non-hydrogen) atoms. The lowest BCUT2D eigenvalue weighted by Gasteiger charge is -2.25. The van der Waals surface area contributed by atoms with Crippen molar-refractivity contribution in [3.63, 3.8) is 0 Å². The van der Waals surface area contributed by atoms with Crippen LogP contribution in [0, 0.1) is 0 Å². The number of aromatic amines is 1. The van der Waals surface area contributed by atoms with Crippen LogP contribution in [0.25, 0.3) is 10.9 Å². The Hall–Kier alpha value is -6.10. The second-order valence-electron chi connectivity index (χ2n) is 13.4. The molecule has 0 fully saturated rings. The van der Waals surface area contributed by atoms with E-state index < -0.39 is 42.0 Å². The van der Waals surface area contributed by atoms with Crippen LogP contribution in [0.15, 0.2) is 121 Å². The van der Waals surface area contributed by atoms with Gasteiger partial charge in [0.1, 0.15) is 31.0 Å². The number of esters is 1. The SMILES string of the molecule is CCCC[C@H](NC(=O)[C@@H](Cc1c[nH]c2ccccc12)NC(=O)OCc1ccccc1)C(=O)N[C@H](CCCOc1ccccc1)CC(=O)OCc1ccccc1. The fraction of sp³-hybridized carbons (Fsp3) is 0.318. The van der Waals surface area contributed by atoms with Crippen molar-refractivity contribution in [2.24, 2.45) is 0 Å². The molecule has 0 aliphatic heterocycles. The minimum Gasteiger partial charge on any atom is -0.494 e. The van der Waals surface area contributed by atoms with Crippen LogP contribution < -0.4 is 20.7 Å². The van der Waals surface area contributed by atoms with Crippen molar-refractivity contribution in [1.29, 1.82) is 0 Å². The Morgan fingerprint density at radius 3 is 1.96 bits per heavy atom. The lowest BCUT2D eigenvalue weighted by Crippen LogP contribution is -2.55. The van der Waals surface area contributed by atoms with Crippen molar-refractivity contribution >= 4 is 34.8 Å². The number of fused-ring (bicyclic) bond motifs is 1. The van der Waals surface area contributed by atoms with Gasteiger partial charge in [-0.3, -0.25) is 14.4 Å². The zero-order valence-corrected chi connectivity index (χ0v) is 31.2. The number of rotatable bonds is 21. The molecule has 1 aromatic heterocycles. The lowest BCUT2D eigenvalue weighted by molar-refractivity contribution is -0.145. The second-order valence-corrected chi connectivity index (χ2v) is 13.4. The summed E-state index contributed by atoms with van der Waals surface area (Å²) in [5.74, 6) is -0.686. The number of aromatic nitrogens is 1. The van der Waals surface area contributed by atoms with Gasteiger partial charge in [-0.05, 0) is 54.2 Å². The van der Waals surface area contributed by atoms with E-state index in [0.717, 1.165) is 39.8 Å². The third kappa shape index (κ3) is 13.4. The predicted molar refractivity (Wildman–Crippen MR) is 211 cm³/mol. The summed E-state index contributed by atoms with van der Waals surface area (Å²) < 4.78 is 16.9. The van der Waals surface area contributed by atoms with Gasteiger partial charge in [0.25, 0.3) is 0 Å². The molecule has 0 aliphatic carbocycles. The molecule has 288 valence electrons. The normalized spacial score (nSPS) is 12.5. The van der Waals surface area contributed by atoms with E-state index in [1.54, 1.807) is 0 Å². The second kappa shape index (κ2) is 21.6. The molecular formula is C44H50N4O7. The van der Waals surface area contributed by atoms with E-state index in [9.17, 15) is 19.2 Å². The summed E-state index contributed by atoms with van der Waals surface area (Å²) in [6.07, 6.45) is 3.93. The Balaban J connectivity index is 1.27. The largest absolute Gasteiger partial charge is 0.494 e. The van der Waals surface area contributed by atoms with Crippen LogP contribution in [0.5, 0.6) is 5.75 Å². The monoisotopic (exact) mass is 746 g/mol. The Labute approximate surface area is 322 Å². The highest BCUT2D eigenvalue weighted by Gasteiger charge is 2.29. The first-order valence-electron chi connectivity index (χ1n) is 18.9. The van der Waals surface area contributed by atoms with Crippen LogP contribution in [0.3, 0.4) is 0 Å². The lowest BCUT2D eigenvalue weighted by atomic mass is 10.0. The molecule has 4 N–H and O–H groups in total. The minimum absolute atomic E-state index is 0.0290. The number of benzene rings is 4. The quantitative estimate of drug-likeness (QED) is 0.0460. The summed E-state index contributed by atoms with van der Waals surface area (Å²) in [6.45, 7) is 2.53. The summed E-state index contributed by atoms with van der Waals surface area (Å²) in [6, 6.07) is 33.2. The summed E-state index contributed by atoms with van der Waals surface area (Å²) in [7, 11) is 0. The highest BCUT2D eigenvalue weighted by Crippen LogP contribution is 2.20. The highest BCUT2D eigenvalue weighted by molar-refractivity contribution is 5.92. The molecule has 4 aromatic carbocycles. The molecule has 5 aromatic rings. The first-order valence-corrected chi connectivity index (χ1v) is 18.9. The topological polar surface area (TPSA) is 148 Å². The Bertz CT molecular complexity index is 1940.